The van der Waals surface area contributed by atoms with Crippen LogP contribution in [0.25, 0.3) is 11.1 Å². The predicted octanol–water partition coefficient (Wildman–Crippen LogP) is 1.25. The summed E-state index contributed by atoms with van der Waals surface area (Å²) < 4.78 is 5.28. The van der Waals surface area contributed by atoms with Gasteiger partial charge in [0.1, 0.15) is 6.08 Å². The average Bonchev–Trinajstić information content (AvgIpc) is 2.93. The lowest BCUT2D eigenvalue weighted by molar-refractivity contribution is -0.251. The van der Waals surface area contributed by atoms with Gasteiger partial charge in [-0.3, -0.25) is 14.6 Å². The zero-order valence-corrected chi connectivity index (χ0v) is 14.5. The average molecular weight is 367 g/mol. The molecule has 1 aliphatic rings. The normalized spacial score (nSPS) is 14.3. The molecule has 1 amide bonds. The summed E-state index contributed by atoms with van der Waals surface area (Å²) in [6.45, 7) is 0.0761. The monoisotopic (exact) mass is 367 g/mol. The predicted molar refractivity (Wildman–Crippen MR) is 97.0 cm³/mol. The largest absolute Gasteiger partial charge is 0.599 e. The Morgan fingerprint density at radius 3 is 2.15 bits per heavy atom. The molecule has 0 unspecified atom stereocenters. The third kappa shape index (κ3) is 4.25. The van der Waals surface area contributed by atoms with Crippen molar-refractivity contribution in [2.24, 2.45) is 10.7 Å². The van der Waals surface area contributed by atoms with E-state index in [0.717, 1.165) is 22.3 Å². The minimum absolute atomic E-state index is 0.0761. The Morgan fingerprint density at radius 1 is 1.07 bits per heavy atom. The van der Waals surface area contributed by atoms with Gasteiger partial charge in [0.15, 0.2) is 0 Å². The number of nitrogens with two attached hydrogens (primary N) is 1. The van der Waals surface area contributed by atoms with E-state index < -0.39 is 30.4 Å². The molecule has 3 rings (SSSR count). The van der Waals surface area contributed by atoms with E-state index in [1.165, 1.54) is 0 Å². The van der Waals surface area contributed by atoms with E-state index >= 15 is 0 Å². The third-order valence-electron chi connectivity index (χ3n) is 4.47. The number of primary amides is 1. The first-order valence-electron chi connectivity index (χ1n) is 8.51. The zero-order valence-electron chi connectivity index (χ0n) is 14.5. The highest BCUT2D eigenvalue weighted by molar-refractivity contribution is 5.79. The highest BCUT2D eigenvalue weighted by atomic mass is 16.6. The van der Waals surface area contributed by atoms with E-state index in [4.69, 9.17) is 15.6 Å². The molecule has 0 radical (unpaired) electrons. The molecule has 0 aromatic heterocycles. The standard InChI is InChI=1S/C20H20N2O5/c21-18(23)9-12(10-19(24)25)22-20(26)27-11-17-15-7-3-1-5-13(15)14-6-2-4-8-16(14)17/h1-8,12,17H,9-11H2,(H2,21,23)(H,22,26)(H,24,25)/p-1/t12-/m1/s1. The number of carboxylic acids is 1. The van der Waals surface area contributed by atoms with Crippen LogP contribution in [0.5, 0.6) is 0 Å². The molecule has 0 spiro atoms. The number of aliphatic carboxylic acids is 1. The molecular formula is C20H19N2O5-. The molecule has 27 heavy (non-hydrogen) atoms. The molecule has 2 aromatic rings. The molecule has 140 valence electrons. The fraction of sp³-hybridized carbons (Fsp3) is 0.250. The molecule has 7 nitrogen and oxygen atoms in total. The van der Waals surface area contributed by atoms with Crippen molar-refractivity contribution in [3.8, 4) is 11.1 Å². The number of carbonyl (C=O) groups excluding carboxylic acids is 1. The quantitative estimate of drug-likeness (QED) is 0.563. The van der Waals surface area contributed by atoms with Gasteiger partial charge in [-0.25, -0.2) is 0 Å². The number of fused-ring (bicyclic) bond motifs is 3. The van der Waals surface area contributed by atoms with Gasteiger partial charge in [0.25, 0.3) is 0 Å². The van der Waals surface area contributed by atoms with E-state index in [9.17, 15) is 14.7 Å². The highest BCUT2D eigenvalue weighted by Gasteiger charge is 2.26. The van der Waals surface area contributed by atoms with Crippen LogP contribution in [0.3, 0.4) is 0 Å². The van der Waals surface area contributed by atoms with E-state index in [1.807, 2.05) is 48.5 Å². The maximum absolute atomic E-state index is 12.1. The third-order valence-corrected chi connectivity index (χ3v) is 4.47. The summed E-state index contributed by atoms with van der Waals surface area (Å²) in [5.74, 6) is -2.02. The smallest absolute Gasteiger partial charge is 0.305 e. The number of benzene rings is 2. The van der Waals surface area contributed by atoms with Crippen molar-refractivity contribution in [3.63, 3.8) is 0 Å². The van der Waals surface area contributed by atoms with Gasteiger partial charge < -0.3 is 20.7 Å². The Labute approximate surface area is 156 Å². The summed E-state index contributed by atoms with van der Waals surface area (Å²) in [6.07, 6.45) is -1.69. The van der Waals surface area contributed by atoms with Crippen molar-refractivity contribution in [2.45, 2.75) is 24.8 Å². The van der Waals surface area contributed by atoms with E-state index in [0.29, 0.717) is 0 Å². The topological polar surface area (TPSA) is 125 Å². The van der Waals surface area contributed by atoms with Crippen LogP contribution in [0, 0.1) is 0 Å². The van der Waals surface area contributed by atoms with Crippen molar-refractivity contribution in [2.75, 3.05) is 6.61 Å². The number of rotatable bonds is 7. The van der Waals surface area contributed by atoms with Gasteiger partial charge in [-0.15, -0.1) is 0 Å². The molecule has 0 heterocycles. The van der Waals surface area contributed by atoms with E-state index in [2.05, 4.69) is 4.99 Å². The van der Waals surface area contributed by atoms with Crippen molar-refractivity contribution in [1.82, 2.24) is 0 Å². The molecule has 7 heteroatoms. The van der Waals surface area contributed by atoms with Gasteiger partial charge in [0.05, 0.1) is 12.5 Å². The van der Waals surface area contributed by atoms with Gasteiger partial charge in [0.2, 0.25) is 5.91 Å². The Bertz CT molecular complexity index is 832. The van der Waals surface area contributed by atoms with Crippen LogP contribution in [0.1, 0.15) is 29.9 Å². The number of carboxylic acid groups (broad SMARTS) is 1. The second kappa shape index (κ2) is 7.90. The Balaban J connectivity index is 1.75. The fourth-order valence-electron chi connectivity index (χ4n) is 3.38. The number of ether oxygens (including phenoxy) is 1. The van der Waals surface area contributed by atoms with Crippen molar-refractivity contribution in [1.29, 1.82) is 0 Å². The van der Waals surface area contributed by atoms with Gasteiger partial charge in [0, 0.05) is 18.9 Å². The van der Waals surface area contributed by atoms with Crippen LogP contribution in [0.15, 0.2) is 53.5 Å². The first-order chi connectivity index (χ1) is 13.0. The van der Waals surface area contributed by atoms with Crippen LogP contribution in [-0.2, 0) is 14.3 Å². The Morgan fingerprint density at radius 2 is 1.63 bits per heavy atom. The van der Waals surface area contributed by atoms with Gasteiger partial charge >= 0.3 is 5.97 Å². The van der Waals surface area contributed by atoms with Gasteiger partial charge in [-0.1, -0.05) is 48.5 Å². The summed E-state index contributed by atoms with van der Waals surface area (Å²) >= 11 is 0. The second-order valence-electron chi connectivity index (χ2n) is 6.36. The summed E-state index contributed by atoms with van der Waals surface area (Å²) in [6, 6.07) is 14.8. The molecule has 0 bridgehead atoms. The number of aliphatic imine (C=N–C) groups is 1. The molecule has 1 atom stereocenters. The van der Waals surface area contributed by atoms with Crippen LogP contribution >= 0.6 is 0 Å². The molecule has 0 aliphatic heterocycles. The number of nitrogens with zero attached hydrogens (tertiary/aromatic N) is 1. The summed E-state index contributed by atoms with van der Waals surface area (Å²) in [4.78, 5) is 25.6. The Kier molecular flexibility index (Phi) is 5.40. The number of hydrogen-bond donors (Lipinski definition) is 2. The van der Waals surface area contributed by atoms with Crippen LogP contribution in [-0.4, -0.2) is 35.7 Å². The summed E-state index contributed by atoms with van der Waals surface area (Å²) in [7, 11) is 0. The maximum atomic E-state index is 12.1. The maximum Gasteiger partial charge on any atom is 0.305 e. The number of amides is 1. The highest BCUT2D eigenvalue weighted by Crippen LogP contribution is 2.44. The number of carbonyl (C=O) groups is 2. The molecule has 0 saturated heterocycles. The fourth-order valence-corrected chi connectivity index (χ4v) is 3.38. The lowest BCUT2D eigenvalue weighted by atomic mass is 9.98. The van der Waals surface area contributed by atoms with Crippen LogP contribution in [0.4, 0.5) is 0 Å². The zero-order chi connectivity index (χ0) is 19.4. The van der Waals surface area contributed by atoms with E-state index in [-0.39, 0.29) is 18.9 Å². The molecular weight excluding hydrogens is 348 g/mol. The van der Waals surface area contributed by atoms with Crippen LogP contribution in [0.2, 0.25) is 0 Å². The SMILES string of the molecule is NC(=O)C[C@H](CC(=O)O)N=C([O-])OCC1c2ccccc2-c2ccccc21. The van der Waals surface area contributed by atoms with Gasteiger partial charge in [-0.2, -0.15) is 0 Å². The summed E-state index contributed by atoms with van der Waals surface area (Å²) in [5.41, 5.74) is 9.40. The molecule has 0 fully saturated rings. The molecule has 2 aromatic carbocycles. The molecule has 1 aliphatic carbocycles. The molecule has 3 N–H and O–H groups in total. The first kappa shape index (κ1) is 18.4. The number of hydrogen-bond acceptors (Lipinski definition) is 5. The first-order valence-corrected chi connectivity index (χ1v) is 8.51. The van der Waals surface area contributed by atoms with Gasteiger partial charge in [-0.05, 0) is 22.3 Å². The molecule has 0 saturated carbocycles. The van der Waals surface area contributed by atoms with Crippen LogP contribution < -0.4 is 10.8 Å². The van der Waals surface area contributed by atoms with E-state index in [1.54, 1.807) is 0 Å². The second-order valence-corrected chi connectivity index (χ2v) is 6.36. The minimum Gasteiger partial charge on any atom is -0.599 e. The lowest BCUT2D eigenvalue weighted by Gasteiger charge is -2.22. The summed E-state index contributed by atoms with van der Waals surface area (Å²) in [5, 5.41) is 20.9. The van der Waals surface area contributed by atoms with Crippen molar-refractivity contribution in [3.05, 3.63) is 59.7 Å². The minimum atomic E-state index is -1.17. The van der Waals surface area contributed by atoms with Crippen molar-refractivity contribution >= 4 is 18.0 Å². The lowest BCUT2D eigenvalue weighted by Crippen LogP contribution is -2.29. The Hall–Kier alpha value is -3.35. The van der Waals surface area contributed by atoms with Crippen molar-refractivity contribution < 1.29 is 24.5 Å².